The predicted molar refractivity (Wildman–Crippen MR) is 252 cm³/mol. The Bertz CT molecular complexity index is 2940. The number of benzene rings is 6. The number of aliphatic carboxylic acids is 1. The minimum Gasteiger partial charge on any atom is -0.491 e. The molecule has 6 unspecified atom stereocenters. The van der Waals surface area contributed by atoms with Crippen molar-refractivity contribution in [2.45, 2.75) is 42.8 Å². The zero-order valence-electron chi connectivity index (χ0n) is 37.3. The number of esters is 1. The Hall–Kier alpha value is -8.16. The van der Waals surface area contributed by atoms with Gasteiger partial charge in [-0.3, -0.25) is 34.3 Å². The van der Waals surface area contributed by atoms with E-state index in [9.17, 15) is 34.7 Å². The van der Waals surface area contributed by atoms with Crippen LogP contribution in [0.3, 0.4) is 0 Å². The van der Waals surface area contributed by atoms with Gasteiger partial charge < -0.3 is 24.4 Å². The van der Waals surface area contributed by atoms with Crippen molar-refractivity contribution >= 4 is 35.3 Å². The van der Waals surface area contributed by atoms with E-state index in [1.807, 2.05) is 103 Å². The number of hydrogen-bond acceptors (Lipinski definition) is 12. The molecule has 0 saturated carbocycles. The second-order valence-corrected chi connectivity index (χ2v) is 17.1. The molecule has 2 amide bonds. The number of aliphatic hydroxyl groups excluding tert-OH is 1. The van der Waals surface area contributed by atoms with Crippen LogP contribution in [0.5, 0.6) is 5.75 Å². The molecule has 0 radical (unpaired) electrons. The third kappa shape index (κ3) is 8.68. The van der Waals surface area contributed by atoms with Gasteiger partial charge in [0.15, 0.2) is 0 Å². The molecule has 6 aromatic carbocycles. The Morgan fingerprint density at radius 3 is 2.10 bits per heavy atom. The molecule has 15 heteroatoms. The smallest absolute Gasteiger partial charge is 0.421 e. The number of anilines is 1. The summed E-state index contributed by atoms with van der Waals surface area (Å²) in [6.45, 7) is 0.335. The van der Waals surface area contributed by atoms with E-state index in [1.54, 1.807) is 41.3 Å². The Labute approximate surface area is 397 Å². The fourth-order valence-corrected chi connectivity index (χ4v) is 10.0. The Morgan fingerprint density at radius 1 is 0.812 bits per heavy atom. The molecule has 2 N–H and O–H groups in total. The standard InChI is InChI=1S/C54H46N4O11/c1-55(33-36-12-5-2-6-13-36)29-11-14-35-21-28-44-43(32-35)54(52(63)56(44)53(64)68-34-37-19-24-41(25-20-37)58(65)66)45(50(60)61)47-51(62)69-48(39-17-9-4-10-18-39)46(38-15-7-3-8-16-38)57(47)49(54)40-22-26-42(27-23-40)67-31-30-59/h2-10,12-13,15-28,32,45-49,59H,29-31,33-34H2,1H3,(H,60,61). The first-order valence-corrected chi connectivity index (χ1v) is 22.3. The Morgan fingerprint density at radius 2 is 1.46 bits per heavy atom. The van der Waals surface area contributed by atoms with Gasteiger partial charge in [-0.25, -0.2) is 9.69 Å². The van der Waals surface area contributed by atoms with E-state index in [4.69, 9.17) is 14.2 Å². The van der Waals surface area contributed by atoms with Gasteiger partial charge in [0.1, 0.15) is 42.4 Å². The molecule has 2 fully saturated rings. The van der Waals surface area contributed by atoms with Crippen molar-refractivity contribution in [3.63, 3.8) is 0 Å². The first-order chi connectivity index (χ1) is 33.5. The third-order valence-electron chi connectivity index (χ3n) is 12.8. The van der Waals surface area contributed by atoms with Crippen LogP contribution in [-0.2, 0) is 42.4 Å². The molecule has 0 aromatic heterocycles. The molecule has 0 bridgehead atoms. The molecular weight excluding hydrogens is 881 g/mol. The number of hydrogen-bond donors (Lipinski definition) is 2. The lowest BCUT2D eigenvalue weighted by molar-refractivity contribution is -0.384. The number of nitrogens with zero attached hydrogens (tertiary/aromatic N) is 4. The Balaban J connectivity index is 1.24. The van der Waals surface area contributed by atoms with E-state index < -0.39 is 64.4 Å². The lowest BCUT2D eigenvalue weighted by atomic mass is 9.65. The van der Waals surface area contributed by atoms with Gasteiger partial charge in [-0.15, -0.1) is 0 Å². The summed E-state index contributed by atoms with van der Waals surface area (Å²) in [6, 6.07) is 41.3. The summed E-state index contributed by atoms with van der Waals surface area (Å²) in [5.74, 6) is 1.61. The van der Waals surface area contributed by atoms with Gasteiger partial charge >= 0.3 is 18.0 Å². The van der Waals surface area contributed by atoms with Crippen LogP contribution in [0.2, 0.25) is 0 Å². The average Bonchev–Trinajstić information content (AvgIpc) is 3.82. The normalized spacial score (nSPS) is 21.5. The van der Waals surface area contributed by atoms with E-state index in [2.05, 4.69) is 11.8 Å². The maximum Gasteiger partial charge on any atom is 0.421 e. The number of carboxylic acid groups (broad SMARTS) is 1. The van der Waals surface area contributed by atoms with Crippen LogP contribution in [0.4, 0.5) is 16.2 Å². The SMILES string of the molecule is CN(CC#Cc1ccc2c(c1)C1(C(=O)N2C(=O)OCc2ccc([N+](=O)[O-])cc2)C(C(=O)O)C2C(=O)OC(c3ccccc3)C(c3ccccc3)N2C1c1ccc(OCCO)cc1)Cc1ccccc1. The molecule has 3 aliphatic heterocycles. The minimum atomic E-state index is -2.23. The van der Waals surface area contributed by atoms with Crippen molar-refractivity contribution in [3.05, 3.63) is 207 Å². The highest BCUT2D eigenvalue weighted by molar-refractivity contribution is 6.23. The highest BCUT2D eigenvalue weighted by atomic mass is 16.6. The van der Waals surface area contributed by atoms with E-state index >= 15 is 4.79 Å². The maximum absolute atomic E-state index is 16.1. The molecule has 2 saturated heterocycles. The van der Waals surface area contributed by atoms with Crippen LogP contribution in [0.15, 0.2) is 158 Å². The summed E-state index contributed by atoms with van der Waals surface area (Å²) in [5, 5.41) is 32.5. The lowest BCUT2D eigenvalue weighted by Gasteiger charge is -2.46. The molecule has 3 aliphatic rings. The molecule has 9 rings (SSSR count). The number of imide groups is 1. The summed E-state index contributed by atoms with van der Waals surface area (Å²) >= 11 is 0. The van der Waals surface area contributed by atoms with Gasteiger partial charge in [-0.1, -0.05) is 115 Å². The van der Waals surface area contributed by atoms with Crippen molar-refractivity contribution < 1.29 is 48.5 Å². The van der Waals surface area contributed by atoms with Gasteiger partial charge in [0.25, 0.3) is 5.69 Å². The molecule has 6 aromatic rings. The van der Waals surface area contributed by atoms with Crippen molar-refractivity contribution in [2.75, 3.05) is 31.7 Å². The number of fused-ring (bicyclic) bond motifs is 3. The van der Waals surface area contributed by atoms with E-state index in [0.29, 0.717) is 46.7 Å². The van der Waals surface area contributed by atoms with E-state index in [1.165, 1.54) is 30.3 Å². The molecule has 3 heterocycles. The fraction of sp³-hybridized carbons (Fsp3) is 0.222. The molecule has 15 nitrogen and oxygen atoms in total. The van der Waals surface area contributed by atoms with Gasteiger partial charge in [-0.05, 0) is 82.9 Å². The number of aliphatic hydroxyl groups is 1. The quantitative estimate of drug-likeness (QED) is 0.0501. The highest BCUT2D eigenvalue weighted by Gasteiger charge is 2.76. The van der Waals surface area contributed by atoms with Gasteiger partial charge in [0, 0.05) is 24.2 Å². The van der Waals surface area contributed by atoms with Crippen LogP contribution in [0, 0.1) is 27.9 Å². The first-order valence-electron chi connectivity index (χ1n) is 22.3. The third-order valence-corrected chi connectivity index (χ3v) is 12.8. The number of amides is 2. The van der Waals surface area contributed by atoms with E-state index in [0.717, 1.165) is 10.5 Å². The first kappa shape index (κ1) is 46.0. The number of morpholine rings is 1. The molecule has 0 aliphatic carbocycles. The molecule has 348 valence electrons. The number of non-ortho nitro benzene ring substituents is 1. The van der Waals surface area contributed by atoms with Crippen molar-refractivity contribution in [3.8, 4) is 17.6 Å². The number of ether oxygens (including phenoxy) is 3. The lowest BCUT2D eigenvalue weighted by Crippen LogP contribution is -2.53. The van der Waals surface area contributed by atoms with E-state index in [-0.39, 0.29) is 36.8 Å². The van der Waals surface area contributed by atoms with Crippen LogP contribution in [-0.4, -0.2) is 81.7 Å². The van der Waals surface area contributed by atoms with Crippen molar-refractivity contribution in [1.29, 1.82) is 0 Å². The second-order valence-electron chi connectivity index (χ2n) is 17.1. The van der Waals surface area contributed by atoms with Crippen LogP contribution in [0.25, 0.3) is 0 Å². The number of nitro benzene ring substituents is 1. The van der Waals surface area contributed by atoms with Gasteiger partial charge in [0.2, 0.25) is 5.91 Å². The summed E-state index contributed by atoms with van der Waals surface area (Å²) in [6.07, 6.45) is -2.12. The predicted octanol–water partition coefficient (Wildman–Crippen LogP) is 7.54. The fourth-order valence-electron chi connectivity index (χ4n) is 10.0. The summed E-state index contributed by atoms with van der Waals surface area (Å²) in [5.41, 5.74) is 1.38. The molecular formula is C54H46N4O11. The zero-order chi connectivity index (χ0) is 48.2. The summed E-state index contributed by atoms with van der Waals surface area (Å²) < 4.78 is 17.9. The monoisotopic (exact) mass is 926 g/mol. The minimum absolute atomic E-state index is 0.00264. The van der Waals surface area contributed by atoms with Crippen molar-refractivity contribution in [2.24, 2.45) is 5.92 Å². The summed E-state index contributed by atoms with van der Waals surface area (Å²) in [4.78, 5) is 75.4. The number of rotatable bonds is 13. The topological polar surface area (TPSA) is 189 Å². The summed E-state index contributed by atoms with van der Waals surface area (Å²) in [7, 11) is 1.93. The number of nitro groups is 1. The molecule has 69 heavy (non-hydrogen) atoms. The van der Waals surface area contributed by atoms with Gasteiger partial charge in [-0.2, -0.15) is 0 Å². The highest BCUT2D eigenvalue weighted by Crippen LogP contribution is 2.66. The number of carbonyl (C=O) groups excluding carboxylic acids is 3. The number of cyclic esters (lactones) is 1. The zero-order valence-corrected chi connectivity index (χ0v) is 37.3. The second kappa shape index (κ2) is 19.6. The largest absolute Gasteiger partial charge is 0.491 e. The van der Waals surface area contributed by atoms with Gasteiger partial charge in [0.05, 0.1) is 35.8 Å². The maximum atomic E-state index is 16.1. The average molecular weight is 927 g/mol. The van der Waals surface area contributed by atoms with Crippen LogP contribution in [0.1, 0.15) is 57.1 Å². The molecule has 1 spiro atoms. The number of carboxylic acids is 1. The van der Waals surface area contributed by atoms with Crippen LogP contribution >= 0.6 is 0 Å². The molecule has 6 atom stereocenters. The van der Waals surface area contributed by atoms with Crippen LogP contribution < -0.4 is 9.64 Å². The Kier molecular flexibility index (Phi) is 13.1. The van der Waals surface area contributed by atoms with Crippen molar-refractivity contribution in [1.82, 2.24) is 9.80 Å². The number of carbonyl (C=O) groups is 4.